The average molecular weight is 413 g/mol. The summed E-state index contributed by atoms with van der Waals surface area (Å²) < 4.78 is 1.54. The summed E-state index contributed by atoms with van der Waals surface area (Å²) in [5, 5.41) is 10.7. The number of fused-ring (bicyclic) bond motifs is 4. The number of nitrogens with one attached hydrogen (secondary N) is 2. The van der Waals surface area contributed by atoms with Crippen LogP contribution in [-0.4, -0.2) is 33.7 Å². The highest BCUT2D eigenvalue weighted by atomic mass is 16.2. The molecule has 6 nitrogen and oxygen atoms in total. The second-order valence-electron chi connectivity index (χ2n) is 10.7. The van der Waals surface area contributed by atoms with Crippen LogP contribution in [0, 0.1) is 35.5 Å². The summed E-state index contributed by atoms with van der Waals surface area (Å²) in [5.41, 5.74) is 0.799. The molecule has 4 fully saturated rings. The number of aryl methyl sites for hydroxylation is 1. The Morgan fingerprint density at radius 1 is 0.900 bits per heavy atom. The van der Waals surface area contributed by atoms with Gasteiger partial charge in [0.1, 0.15) is 5.69 Å². The van der Waals surface area contributed by atoms with E-state index in [9.17, 15) is 9.59 Å². The molecular weight excluding hydrogens is 376 g/mol. The average Bonchev–Trinajstić information content (AvgIpc) is 3.53. The Hall–Kier alpha value is -1.85. The second kappa shape index (κ2) is 7.69. The molecule has 0 aliphatic heterocycles. The van der Waals surface area contributed by atoms with Crippen molar-refractivity contribution in [2.75, 3.05) is 0 Å². The third kappa shape index (κ3) is 3.56. The lowest BCUT2D eigenvalue weighted by Crippen LogP contribution is -2.40. The van der Waals surface area contributed by atoms with Crippen molar-refractivity contribution in [2.24, 2.45) is 42.6 Å². The van der Waals surface area contributed by atoms with Gasteiger partial charge >= 0.3 is 0 Å². The van der Waals surface area contributed by atoms with E-state index in [2.05, 4.69) is 29.6 Å². The largest absolute Gasteiger partial charge is 0.348 e. The number of amides is 2. The minimum absolute atomic E-state index is 0.125. The zero-order valence-electron chi connectivity index (χ0n) is 18.6. The van der Waals surface area contributed by atoms with Gasteiger partial charge in [0.2, 0.25) is 0 Å². The van der Waals surface area contributed by atoms with Gasteiger partial charge in [-0.3, -0.25) is 14.3 Å². The first-order valence-corrected chi connectivity index (χ1v) is 12.0. The monoisotopic (exact) mass is 412 g/mol. The van der Waals surface area contributed by atoms with Gasteiger partial charge in [-0.25, -0.2) is 0 Å². The van der Waals surface area contributed by atoms with Crippen LogP contribution < -0.4 is 10.6 Å². The van der Waals surface area contributed by atoms with Crippen LogP contribution in [0.3, 0.4) is 0 Å². The first-order chi connectivity index (χ1) is 14.4. The number of carbonyl (C=O) groups excluding carboxylic acids is 2. The third-order valence-corrected chi connectivity index (χ3v) is 8.93. The van der Waals surface area contributed by atoms with Gasteiger partial charge in [0, 0.05) is 25.2 Å². The fourth-order valence-electron chi connectivity index (χ4n) is 7.38. The summed E-state index contributed by atoms with van der Waals surface area (Å²) in [6.45, 7) is 4.25. The van der Waals surface area contributed by atoms with E-state index in [0.29, 0.717) is 23.2 Å². The third-order valence-electron chi connectivity index (χ3n) is 8.93. The predicted molar refractivity (Wildman–Crippen MR) is 115 cm³/mol. The number of hydrogen-bond acceptors (Lipinski definition) is 3. The molecule has 6 heteroatoms. The van der Waals surface area contributed by atoms with E-state index >= 15 is 0 Å². The molecular formula is C24H36N4O2. The van der Waals surface area contributed by atoms with Crippen LogP contribution in [0.5, 0.6) is 0 Å². The van der Waals surface area contributed by atoms with E-state index < -0.39 is 0 Å². The van der Waals surface area contributed by atoms with Crippen molar-refractivity contribution < 1.29 is 9.59 Å². The summed E-state index contributed by atoms with van der Waals surface area (Å²) in [7, 11) is 1.74. The van der Waals surface area contributed by atoms with Gasteiger partial charge in [-0.15, -0.1) is 0 Å². The molecule has 5 rings (SSSR count). The molecule has 0 radical (unpaired) electrons. The summed E-state index contributed by atoms with van der Waals surface area (Å²) >= 11 is 0. The zero-order chi connectivity index (χ0) is 21.0. The van der Waals surface area contributed by atoms with Crippen molar-refractivity contribution >= 4 is 11.8 Å². The molecule has 2 amide bonds. The number of aromatic nitrogens is 2. The van der Waals surface area contributed by atoms with Gasteiger partial charge < -0.3 is 10.6 Å². The second-order valence-corrected chi connectivity index (χ2v) is 10.7. The Bertz CT molecular complexity index is 833. The topological polar surface area (TPSA) is 76.0 Å². The fraction of sp³-hybridized carbons (Fsp3) is 0.792. The van der Waals surface area contributed by atoms with Crippen LogP contribution in [0.4, 0.5) is 0 Å². The quantitative estimate of drug-likeness (QED) is 0.750. The maximum absolute atomic E-state index is 12.9. The van der Waals surface area contributed by atoms with E-state index in [1.54, 1.807) is 17.8 Å². The van der Waals surface area contributed by atoms with Crippen molar-refractivity contribution in [3.8, 4) is 0 Å². The molecule has 4 aliphatic carbocycles. The van der Waals surface area contributed by atoms with Crippen molar-refractivity contribution in [3.05, 3.63) is 17.5 Å². The molecule has 164 valence electrons. The van der Waals surface area contributed by atoms with E-state index in [-0.39, 0.29) is 23.9 Å². The number of carbonyl (C=O) groups is 2. The van der Waals surface area contributed by atoms with Gasteiger partial charge in [0.25, 0.3) is 11.8 Å². The lowest BCUT2D eigenvalue weighted by molar-refractivity contribution is 0.0899. The van der Waals surface area contributed by atoms with Crippen LogP contribution in [-0.2, 0) is 7.05 Å². The van der Waals surface area contributed by atoms with E-state index in [1.807, 2.05) is 0 Å². The Morgan fingerprint density at radius 2 is 1.43 bits per heavy atom. The lowest BCUT2D eigenvalue weighted by atomic mass is 9.84. The lowest BCUT2D eigenvalue weighted by Gasteiger charge is -2.28. The first kappa shape index (κ1) is 20.1. The standard InChI is InChI=1S/C24H36N4O2/c1-13(19-10-15-4-6-17(19)8-15)25-23(29)21-12-22(28(3)27-21)24(30)26-14(2)20-11-16-5-7-18(20)9-16/h12-20H,4-11H2,1-3H3,(H,25,29)(H,26,30)/t13-,14-,15+,16+,17+,18+,19-,20-/m0/s1. The highest BCUT2D eigenvalue weighted by molar-refractivity contribution is 5.98. The number of rotatable bonds is 6. The molecule has 0 spiro atoms. The Morgan fingerprint density at radius 3 is 1.90 bits per heavy atom. The van der Waals surface area contributed by atoms with Gasteiger partial charge in [-0.05, 0) is 87.9 Å². The van der Waals surface area contributed by atoms with Crippen LogP contribution in [0.25, 0.3) is 0 Å². The SMILES string of the molecule is C[C@H](NC(=O)c1cc(C(=O)N[C@@H](C)[C@@H]2C[C@@H]3CC[C@@H]2C3)n(C)n1)[C@@H]1C[C@@H]2CC[C@@H]1C2. The van der Waals surface area contributed by atoms with Gasteiger partial charge in [0.05, 0.1) is 0 Å². The summed E-state index contributed by atoms with van der Waals surface area (Å²) in [6.07, 6.45) is 10.5. The maximum atomic E-state index is 12.9. The molecule has 0 unspecified atom stereocenters. The van der Waals surface area contributed by atoms with E-state index in [4.69, 9.17) is 0 Å². The first-order valence-electron chi connectivity index (χ1n) is 12.0. The molecule has 4 bridgehead atoms. The molecule has 2 N–H and O–H groups in total. The highest BCUT2D eigenvalue weighted by Gasteiger charge is 2.43. The summed E-state index contributed by atoms with van der Waals surface area (Å²) in [5.74, 6) is 4.15. The van der Waals surface area contributed by atoms with Crippen molar-refractivity contribution in [1.82, 2.24) is 20.4 Å². The number of hydrogen-bond donors (Lipinski definition) is 2. The molecule has 1 aromatic heterocycles. The Balaban J connectivity index is 1.19. The number of nitrogens with zero attached hydrogens (tertiary/aromatic N) is 2. The molecule has 30 heavy (non-hydrogen) atoms. The van der Waals surface area contributed by atoms with Crippen LogP contribution >= 0.6 is 0 Å². The predicted octanol–water partition coefficient (Wildman–Crippen LogP) is 3.53. The highest BCUT2D eigenvalue weighted by Crippen LogP contribution is 2.50. The minimum atomic E-state index is -0.166. The van der Waals surface area contributed by atoms with Crippen LogP contribution in [0.1, 0.15) is 86.2 Å². The van der Waals surface area contributed by atoms with Crippen molar-refractivity contribution in [1.29, 1.82) is 0 Å². The van der Waals surface area contributed by atoms with Crippen molar-refractivity contribution in [2.45, 2.75) is 77.3 Å². The maximum Gasteiger partial charge on any atom is 0.272 e. The summed E-state index contributed by atoms with van der Waals surface area (Å²) in [6, 6.07) is 1.97. The van der Waals surface area contributed by atoms with E-state index in [0.717, 1.165) is 23.7 Å². The Labute approximate surface area is 179 Å². The molecule has 0 aromatic carbocycles. The molecule has 1 heterocycles. The van der Waals surface area contributed by atoms with Gasteiger partial charge in [0.15, 0.2) is 5.69 Å². The van der Waals surface area contributed by atoms with Gasteiger partial charge in [-0.1, -0.05) is 12.8 Å². The van der Waals surface area contributed by atoms with Crippen LogP contribution in [0.15, 0.2) is 6.07 Å². The fourth-order valence-corrected chi connectivity index (χ4v) is 7.38. The smallest absolute Gasteiger partial charge is 0.272 e. The van der Waals surface area contributed by atoms with Gasteiger partial charge in [-0.2, -0.15) is 5.10 Å². The molecule has 8 atom stereocenters. The molecule has 4 aliphatic rings. The zero-order valence-corrected chi connectivity index (χ0v) is 18.6. The summed E-state index contributed by atoms with van der Waals surface area (Å²) in [4.78, 5) is 25.7. The Kier molecular flexibility index (Phi) is 5.14. The minimum Gasteiger partial charge on any atom is -0.348 e. The van der Waals surface area contributed by atoms with Crippen molar-refractivity contribution in [3.63, 3.8) is 0 Å². The van der Waals surface area contributed by atoms with Crippen LogP contribution in [0.2, 0.25) is 0 Å². The van der Waals surface area contributed by atoms with E-state index in [1.165, 1.54) is 51.4 Å². The molecule has 0 saturated heterocycles. The normalized spacial score (nSPS) is 36.1. The molecule has 4 saturated carbocycles. The molecule has 1 aromatic rings.